The largest absolute Gasteiger partial charge is 0.460 e. The zero-order valence-electron chi connectivity index (χ0n) is 14.6. The van der Waals surface area contributed by atoms with Gasteiger partial charge in [0.1, 0.15) is 11.4 Å². The fourth-order valence-electron chi connectivity index (χ4n) is 2.69. The maximum absolute atomic E-state index is 12.6. The average Bonchev–Trinajstić information content (AvgIpc) is 2.42. The summed E-state index contributed by atoms with van der Waals surface area (Å²) in [6, 6.07) is 0. The Labute approximate surface area is 144 Å². The Morgan fingerprint density at radius 1 is 1.30 bits per heavy atom. The number of Topliss-reactive ketones (excluding diaryl/α,β-unsaturated/α-hetero) is 1. The van der Waals surface area contributed by atoms with Crippen LogP contribution in [0.15, 0.2) is 12.2 Å². The van der Waals surface area contributed by atoms with E-state index in [4.69, 9.17) is 9.57 Å². The topological polar surface area (TPSA) is 64.6 Å². The predicted octanol–water partition coefficient (Wildman–Crippen LogP) is 3.55. The Kier molecular flexibility index (Phi) is 7.77. The average molecular weight is 343 g/mol. The summed E-state index contributed by atoms with van der Waals surface area (Å²) in [5, 5.41) is 0. The first-order valence-electron chi connectivity index (χ1n) is 8.13. The van der Waals surface area contributed by atoms with Gasteiger partial charge in [-0.05, 0) is 46.5 Å². The molecule has 132 valence electrons. The lowest BCUT2D eigenvalue weighted by Crippen LogP contribution is -2.32. The second-order valence-electron chi connectivity index (χ2n) is 7.32. The summed E-state index contributed by atoms with van der Waals surface area (Å²) in [6.45, 7) is 7.45. The van der Waals surface area contributed by atoms with Gasteiger partial charge in [0.15, 0.2) is 0 Å². The van der Waals surface area contributed by atoms with E-state index < -0.39 is 11.0 Å². The Morgan fingerprint density at radius 3 is 2.61 bits per heavy atom. The molecule has 0 aromatic carbocycles. The van der Waals surface area contributed by atoms with Gasteiger partial charge in [0, 0.05) is 11.8 Å². The lowest BCUT2D eigenvalue weighted by molar-refractivity contribution is -0.156. The van der Waals surface area contributed by atoms with E-state index in [-0.39, 0.29) is 30.7 Å². The molecule has 6 heteroatoms. The number of hydrogen-bond donors (Lipinski definition) is 2. The van der Waals surface area contributed by atoms with Gasteiger partial charge < -0.3 is 4.74 Å². The van der Waals surface area contributed by atoms with Crippen LogP contribution in [0.5, 0.6) is 0 Å². The van der Waals surface area contributed by atoms with Crippen LogP contribution in [0.3, 0.4) is 0 Å². The van der Waals surface area contributed by atoms with E-state index in [2.05, 4.69) is 17.7 Å². The smallest absolute Gasteiger partial charge is 0.306 e. The van der Waals surface area contributed by atoms with E-state index in [1.165, 1.54) is 0 Å². The zero-order chi connectivity index (χ0) is 17.5. The van der Waals surface area contributed by atoms with Gasteiger partial charge in [0.2, 0.25) is 0 Å². The van der Waals surface area contributed by atoms with Crippen molar-refractivity contribution >= 4 is 24.6 Å². The van der Waals surface area contributed by atoms with Gasteiger partial charge in [-0.15, -0.1) is 4.89 Å². The lowest BCUT2D eigenvalue weighted by Gasteiger charge is -2.30. The number of thiol groups is 1. The number of rotatable bonds is 6. The van der Waals surface area contributed by atoms with Crippen LogP contribution >= 0.6 is 12.8 Å². The van der Waals surface area contributed by atoms with Gasteiger partial charge >= 0.3 is 5.97 Å². The molecule has 5 nitrogen and oxygen atoms in total. The highest BCUT2D eigenvalue weighted by molar-refractivity contribution is 7.77. The number of carbonyl (C=O) groups excluding carboxylic acids is 2. The maximum atomic E-state index is 12.6. The predicted molar refractivity (Wildman–Crippen MR) is 92.8 cm³/mol. The van der Waals surface area contributed by atoms with E-state index in [1.54, 1.807) is 0 Å². The third-order valence-electron chi connectivity index (χ3n) is 4.05. The number of ketones is 1. The molecule has 0 aromatic heterocycles. The molecule has 1 aliphatic rings. The Balaban J connectivity index is 2.56. The summed E-state index contributed by atoms with van der Waals surface area (Å²) in [6.07, 6.45) is 7.38. The summed E-state index contributed by atoms with van der Waals surface area (Å²) in [7, 11) is 0. The van der Waals surface area contributed by atoms with Crippen molar-refractivity contribution < 1.29 is 19.2 Å². The summed E-state index contributed by atoms with van der Waals surface area (Å²) in [5.41, 5.74) is -0.940. The molecule has 0 amide bonds. The van der Waals surface area contributed by atoms with Crippen LogP contribution in [-0.2, 0) is 19.2 Å². The van der Waals surface area contributed by atoms with Gasteiger partial charge in [-0.2, -0.15) is 0 Å². The summed E-state index contributed by atoms with van der Waals surface area (Å²) in [4.78, 5) is 32.1. The van der Waals surface area contributed by atoms with Crippen molar-refractivity contribution in [2.24, 2.45) is 5.41 Å². The molecule has 0 unspecified atom stereocenters. The molecule has 0 saturated carbocycles. The SMILES string of the molecule is CC(C)(C)OC(=O)CCC(=O)[C@]1(C)CC/C=C/[C@H](ONS)CC1. The minimum Gasteiger partial charge on any atom is -0.460 e. The molecule has 0 bridgehead atoms. The Morgan fingerprint density at radius 2 is 2.00 bits per heavy atom. The number of allylic oxidation sites excluding steroid dienone is 1. The normalized spacial score (nSPS) is 26.9. The van der Waals surface area contributed by atoms with Gasteiger partial charge in [-0.3, -0.25) is 14.4 Å². The number of esters is 1. The third kappa shape index (κ3) is 7.50. The van der Waals surface area contributed by atoms with E-state index >= 15 is 0 Å². The first-order chi connectivity index (χ1) is 10.7. The van der Waals surface area contributed by atoms with Crippen LogP contribution in [0.25, 0.3) is 0 Å². The number of carbonyl (C=O) groups is 2. The van der Waals surface area contributed by atoms with Crippen LogP contribution in [0, 0.1) is 5.41 Å². The minimum atomic E-state index is -0.514. The highest BCUT2D eigenvalue weighted by Crippen LogP contribution is 2.35. The van der Waals surface area contributed by atoms with Crippen LogP contribution in [0.2, 0.25) is 0 Å². The molecular weight excluding hydrogens is 314 g/mol. The fourth-order valence-corrected chi connectivity index (χ4v) is 2.82. The van der Waals surface area contributed by atoms with Crippen molar-refractivity contribution in [2.45, 2.75) is 77.9 Å². The first-order valence-corrected chi connectivity index (χ1v) is 8.57. The first kappa shape index (κ1) is 20.2. The molecule has 0 fully saturated rings. The van der Waals surface area contributed by atoms with Crippen molar-refractivity contribution in [1.29, 1.82) is 0 Å². The molecule has 2 atom stereocenters. The number of hydrogen-bond acceptors (Lipinski definition) is 6. The van der Waals surface area contributed by atoms with Crippen molar-refractivity contribution in [3.05, 3.63) is 12.2 Å². The van der Waals surface area contributed by atoms with E-state index in [0.717, 1.165) is 25.7 Å². The van der Waals surface area contributed by atoms with Crippen molar-refractivity contribution in [3.8, 4) is 0 Å². The highest BCUT2D eigenvalue weighted by Gasteiger charge is 2.33. The van der Waals surface area contributed by atoms with Crippen molar-refractivity contribution in [3.63, 3.8) is 0 Å². The molecule has 0 aliphatic heterocycles. The molecule has 0 spiro atoms. The number of ether oxygens (including phenoxy) is 1. The molecule has 0 radical (unpaired) electrons. The molecule has 0 saturated heterocycles. The summed E-state index contributed by atoms with van der Waals surface area (Å²) >= 11 is 3.84. The van der Waals surface area contributed by atoms with E-state index in [0.29, 0.717) is 0 Å². The van der Waals surface area contributed by atoms with Crippen LogP contribution in [0.1, 0.15) is 66.2 Å². The molecule has 1 aliphatic carbocycles. The molecule has 0 aromatic rings. The lowest BCUT2D eigenvalue weighted by atomic mass is 9.74. The maximum Gasteiger partial charge on any atom is 0.306 e. The molecule has 23 heavy (non-hydrogen) atoms. The van der Waals surface area contributed by atoms with Gasteiger partial charge in [-0.1, -0.05) is 31.9 Å². The van der Waals surface area contributed by atoms with Crippen LogP contribution < -0.4 is 4.89 Å². The highest BCUT2D eigenvalue weighted by atomic mass is 32.1. The molecule has 0 heterocycles. The zero-order valence-corrected chi connectivity index (χ0v) is 15.4. The van der Waals surface area contributed by atoms with Crippen LogP contribution in [-0.4, -0.2) is 23.5 Å². The fraction of sp³-hybridized carbons (Fsp3) is 0.765. The monoisotopic (exact) mass is 343 g/mol. The van der Waals surface area contributed by atoms with Crippen molar-refractivity contribution in [2.75, 3.05) is 0 Å². The number of nitrogens with one attached hydrogen (secondary N) is 1. The Bertz CT molecular complexity index is 444. The molecule has 1 N–H and O–H groups in total. The van der Waals surface area contributed by atoms with Crippen LogP contribution in [0.4, 0.5) is 0 Å². The van der Waals surface area contributed by atoms with Gasteiger partial charge in [0.05, 0.1) is 12.5 Å². The van der Waals surface area contributed by atoms with E-state index in [9.17, 15) is 9.59 Å². The Hall–Kier alpha value is -0.850. The quantitative estimate of drug-likeness (QED) is 0.334. The summed E-state index contributed by atoms with van der Waals surface area (Å²) in [5.74, 6) is -0.197. The molecular formula is C17H29NO4S. The third-order valence-corrected chi connectivity index (χ3v) is 4.15. The van der Waals surface area contributed by atoms with Gasteiger partial charge in [0.25, 0.3) is 0 Å². The molecule has 1 rings (SSSR count). The second kappa shape index (κ2) is 8.85. The summed E-state index contributed by atoms with van der Waals surface area (Å²) < 4.78 is 5.26. The standard InChI is InChI=1S/C17H29NO4S/c1-16(2,3)21-15(20)9-8-14(19)17(4)11-6-5-7-13(10-12-17)22-18-23/h5,7,13,18,23H,6,8-12H2,1-4H3/b7-5+/t13-,17+/m0/s1. The second-order valence-corrected chi connectivity index (χ2v) is 7.51. The van der Waals surface area contributed by atoms with E-state index in [1.807, 2.05) is 39.8 Å². The van der Waals surface area contributed by atoms with Gasteiger partial charge in [-0.25, -0.2) is 0 Å². The minimum absolute atomic E-state index is 0.0919. The van der Waals surface area contributed by atoms with Crippen molar-refractivity contribution in [1.82, 2.24) is 4.89 Å².